The maximum absolute atomic E-state index is 5.11. The van der Waals surface area contributed by atoms with Gasteiger partial charge in [-0.1, -0.05) is 0 Å². The number of hydrogen-bond acceptors (Lipinski definition) is 3. The van der Waals surface area contributed by atoms with Gasteiger partial charge in [0, 0.05) is 26.4 Å². The highest BCUT2D eigenvalue weighted by atomic mass is 32.1. The standard InChI is InChI=1S/C10H18N4OS/c1-3-14-9(4-5-13-14)8-12-10(16)11-6-7-15-2/h4-5H,3,6-8H2,1-2H3,(H2,11,12,16). The van der Waals surface area contributed by atoms with Gasteiger partial charge in [0.1, 0.15) is 0 Å². The van der Waals surface area contributed by atoms with Crippen LogP contribution in [0.5, 0.6) is 0 Å². The van der Waals surface area contributed by atoms with Gasteiger partial charge in [0.25, 0.3) is 0 Å². The summed E-state index contributed by atoms with van der Waals surface area (Å²) in [5.41, 5.74) is 1.12. The first-order valence-electron chi connectivity index (χ1n) is 5.29. The number of nitrogens with zero attached hydrogens (tertiary/aromatic N) is 2. The van der Waals surface area contributed by atoms with Crippen molar-refractivity contribution in [1.29, 1.82) is 0 Å². The first kappa shape index (κ1) is 12.9. The summed E-state index contributed by atoms with van der Waals surface area (Å²) in [5.74, 6) is 0. The highest BCUT2D eigenvalue weighted by Crippen LogP contribution is 1.97. The molecule has 0 radical (unpaired) electrons. The summed E-state index contributed by atoms with van der Waals surface area (Å²) in [6.07, 6.45) is 1.79. The van der Waals surface area contributed by atoms with Gasteiger partial charge in [-0.25, -0.2) is 0 Å². The highest BCUT2D eigenvalue weighted by molar-refractivity contribution is 7.80. The Morgan fingerprint density at radius 3 is 3.06 bits per heavy atom. The molecule has 0 atom stereocenters. The van der Waals surface area contributed by atoms with Gasteiger partial charge < -0.3 is 15.4 Å². The number of nitrogens with one attached hydrogen (secondary N) is 2. The molecule has 0 unspecified atom stereocenters. The maximum atomic E-state index is 5.11. The smallest absolute Gasteiger partial charge is 0.166 e. The Kier molecular flexibility index (Phi) is 5.81. The van der Waals surface area contributed by atoms with Crippen LogP contribution in [0.4, 0.5) is 0 Å². The molecule has 0 fully saturated rings. The minimum atomic E-state index is 0.640. The SMILES string of the molecule is CCn1nccc1CNC(=S)NCCOC. The van der Waals surface area contributed by atoms with Crippen LogP contribution < -0.4 is 10.6 Å². The quantitative estimate of drug-likeness (QED) is 0.562. The fourth-order valence-electron chi connectivity index (χ4n) is 1.29. The van der Waals surface area contributed by atoms with E-state index in [-0.39, 0.29) is 0 Å². The minimum absolute atomic E-state index is 0.640. The zero-order valence-corrected chi connectivity index (χ0v) is 10.5. The monoisotopic (exact) mass is 242 g/mol. The van der Waals surface area contributed by atoms with Crippen LogP contribution in [0.2, 0.25) is 0 Å². The first-order valence-corrected chi connectivity index (χ1v) is 5.70. The Morgan fingerprint density at radius 1 is 1.56 bits per heavy atom. The second-order valence-corrected chi connectivity index (χ2v) is 3.65. The third-order valence-corrected chi connectivity index (χ3v) is 2.41. The van der Waals surface area contributed by atoms with Crippen molar-refractivity contribution in [3.05, 3.63) is 18.0 Å². The van der Waals surface area contributed by atoms with Gasteiger partial charge in [0.15, 0.2) is 5.11 Å². The molecule has 0 saturated heterocycles. The minimum Gasteiger partial charge on any atom is -0.383 e. The van der Waals surface area contributed by atoms with E-state index in [0.717, 1.165) is 18.8 Å². The molecular weight excluding hydrogens is 224 g/mol. The van der Waals surface area contributed by atoms with E-state index < -0.39 is 0 Å². The number of methoxy groups -OCH3 is 1. The van der Waals surface area contributed by atoms with Crippen LogP contribution in [0.3, 0.4) is 0 Å². The van der Waals surface area contributed by atoms with E-state index in [1.165, 1.54) is 0 Å². The number of hydrogen-bond donors (Lipinski definition) is 2. The highest BCUT2D eigenvalue weighted by Gasteiger charge is 2.01. The summed E-state index contributed by atoms with van der Waals surface area (Å²) >= 11 is 5.11. The topological polar surface area (TPSA) is 51.1 Å². The number of aromatic nitrogens is 2. The molecule has 0 bridgehead atoms. The van der Waals surface area contributed by atoms with Crippen LogP contribution in [0.25, 0.3) is 0 Å². The molecule has 1 heterocycles. The second-order valence-electron chi connectivity index (χ2n) is 3.24. The fraction of sp³-hybridized carbons (Fsp3) is 0.600. The number of ether oxygens (including phenoxy) is 1. The van der Waals surface area contributed by atoms with E-state index in [1.54, 1.807) is 13.3 Å². The second kappa shape index (κ2) is 7.19. The van der Waals surface area contributed by atoms with Gasteiger partial charge in [-0.05, 0) is 25.2 Å². The number of aryl methyl sites for hydroxylation is 1. The molecule has 5 nitrogen and oxygen atoms in total. The van der Waals surface area contributed by atoms with E-state index in [4.69, 9.17) is 17.0 Å². The molecule has 16 heavy (non-hydrogen) atoms. The predicted octanol–water partition coefficient (Wildman–Crippen LogP) is 0.513. The van der Waals surface area contributed by atoms with Crippen LogP contribution in [-0.2, 0) is 17.8 Å². The summed E-state index contributed by atoms with van der Waals surface area (Å²) in [6, 6.07) is 1.98. The van der Waals surface area contributed by atoms with Crippen molar-refractivity contribution in [1.82, 2.24) is 20.4 Å². The van der Waals surface area contributed by atoms with Crippen molar-refractivity contribution in [3.63, 3.8) is 0 Å². The van der Waals surface area contributed by atoms with Crippen LogP contribution >= 0.6 is 12.2 Å². The molecule has 1 aromatic heterocycles. The molecule has 2 N–H and O–H groups in total. The lowest BCUT2D eigenvalue weighted by Crippen LogP contribution is -2.36. The lowest BCUT2D eigenvalue weighted by atomic mass is 10.4. The van der Waals surface area contributed by atoms with Crippen molar-refractivity contribution in [2.45, 2.75) is 20.0 Å². The largest absolute Gasteiger partial charge is 0.383 e. The summed E-state index contributed by atoms with van der Waals surface area (Å²) in [7, 11) is 1.66. The van der Waals surface area contributed by atoms with Gasteiger partial charge >= 0.3 is 0 Å². The van der Waals surface area contributed by atoms with Gasteiger partial charge in [-0.15, -0.1) is 0 Å². The van der Waals surface area contributed by atoms with Crippen LogP contribution in [-0.4, -0.2) is 35.2 Å². The Balaban J connectivity index is 2.26. The van der Waals surface area contributed by atoms with Crippen LogP contribution in [0.15, 0.2) is 12.3 Å². The van der Waals surface area contributed by atoms with Crippen molar-refractivity contribution in [2.24, 2.45) is 0 Å². The van der Waals surface area contributed by atoms with E-state index in [2.05, 4.69) is 22.7 Å². The molecule has 0 spiro atoms. The van der Waals surface area contributed by atoms with Crippen molar-refractivity contribution < 1.29 is 4.74 Å². The van der Waals surface area contributed by atoms with E-state index >= 15 is 0 Å². The molecule has 1 rings (SSSR count). The average molecular weight is 242 g/mol. The van der Waals surface area contributed by atoms with E-state index in [1.807, 2.05) is 10.7 Å². The van der Waals surface area contributed by atoms with Crippen LogP contribution in [0.1, 0.15) is 12.6 Å². The molecule has 0 aliphatic carbocycles. The Morgan fingerprint density at radius 2 is 2.38 bits per heavy atom. The Bertz CT molecular complexity index is 326. The van der Waals surface area contributed by atoms with Gasteiger partial charge in [0.2, 0.25) is 0 Å². The van der Waals surface area contributed by atoms with E-state index in [0.29, 0.717) is 18.3 Å². The van der Waals surface area contributed by atoms with Crippen molar-refractivity contribution in [2.75, 3.05) is 20.3 Å². The molecule has 0 aliphatic heterocycles. The van der Waals surface area contributed by atoms with Gasteiger partial charge in [-0.2, -0.15) is 5.10 Å². The maximum Gasteiger partial charge on any atom is 0.166 e. The predicted molar refractivity (Wildman–Crippen MR) is 67.2 cm³/mol. The lowest BCUT2D eigenvalue weighted by Gasteiger charge is -2.10. The molecule has 0 aliphatic rings. The molecule has 6 heteroatoms. The first-order chi connectivity index (χ1) is 7.77. The molecular formula is C10H18N4OS. The Labute approximate surface area is 101 Å². The van der Waals surface area contributed by atoms with Crippen molar-refractivity contribution in [3.8, 4) is 0 Å². The van der Waals surface area contributed by atoms with Crippen molar-refractivity contribution >= 4 is 17.3 Å². The summed E-state index contributed by atoms with van der Waals surface area (Å²) < 4.78 is 6.85. The van der Waals surface area contributed by atoms with E-state index in [9.17, 15) is 0 Å². The van der Waals surface area contributed by atoms with Crippen LogP contribution in [0, 0.1) is 0 Å². The van der Waals surface area contributed by atoms with Gasteiger partial charge in [-0.3, -0.25) is 4.68 Å². The molecule has 1 aromatic rings. The summed E-state index contributed by atoms with van der Waals surface area (Å²) in [5, 5.41) is 11.0. The summed E-state index contributed by atoms with van der Waals surface area (Å²) in [4.78, 5) is 0. The molecule has 90 valence electrons. The Hall–Kier alpha value is -1.14. The molecule has 0 amide bonds. The van der Waals surface area contributed by atoms with Gasteiger partial charge in [0.05, 0.1) is 18.8 Å². The third kappa shape index (κ3) is 4.16. The summed E-state index contributed by atoms with van der Waals surface area (Å²) in [6.45, 7) is 4.98. The third-order valence-electron chi connectivity index (χ3n) is 2.13. The zero-order chi connectivity index (χ0) is 11.8. The number of rotatable bonds is 6. The number of thiocarbonyl (C=S) groups is 1. The lowest BCUT2D eigenvalue weighted by molar-refractivity contribution is 0.204. The molecule has 0 aromatic carbocycles. The zero-order valence-electron chi connectivity index (χ0n) is 9.69. The average Bonchev–Trinajstić information content (AvgIpc) is 2.74. The fourth-order valence-corrected chi connectivity index (χ4v) is 1.47. The normalized spacial score (nSPS) is 10.1. The molecule has 0 saturated carbocycles.